The van der Waals surface area contributed by atoms with E-state index >= 15 is 0 Å². The first-order chi connectivity index (χ1) is 6.76. The third-order valence-corrected chi connectivity index (χ3v) is 7.32. The van der Waals surface area contributed by atoms with Crippen LogP contribution < -0.4 is 24.8 Å². The van der Waals surface area contributed by atoms with Gasteiger partial charge < -0.3 is 24.8 Å². The monoisotopic (exact) mass is 314 g/mol. The normalized spacial score (nSPS) is 19.4. The number of allylic oxidation sites excluding steroid dienone is 4. The van der Waals surface area contributed by atoms with Gasteiger partial charge in [-0.15, -0.1) is 0 Å². The Morgan fingerprint density at radius 2 is 2.25 bits per heavy atom. The van der Waals surface area contributed by atoms with E-state index < -0.39 is 19.2 Å². The predicted octanol–water partition coefficient (Wildman–Crippen LogP) is -6.71. The molecule has 0 bridgehead atoms. The smallest absolute Gasteiger partial charge is 1.00 e. The van der Waals surface area contributed by atoms with Crippen molar-refractivity contribution in [1.29, 1.82) is 0 Å². The molecule has 16 heavy (non-hydrogen) atoms. The molecule has 1 N–H and O–H groups in total. The molecule has 0 spiro atoms. The molecular weight excluding hydrogens is 303 g/mol. The molecule has 1 atom stereocenters. The first kappa shape index (κ1) is 16.6. The Bertz CT molecular complexity index is 344. The van der Waals surface area contributed by atoms with Crippen LogP contribution in [0.1, 0.15) is 6.42 Å². The third-order valence-electron chi connectivity index (χ3n) is 2.46. The summed E-state index contributed by atoms with van der Waals surface area (Å²) in [6, 6.07) is 0. The van der Waals surface area contributed by atoms with Crippen LogP contribution in [0.2, 0.25) is 0 Å². The minimum Gasteiger partial charge on any atom is -1.00 e. The molecule has 3 nitrogen and oxygen atoms in total. The summed E-state index contributed by atoms with van der Waals surface area (Å²) < 4.78 is 6.48. The van der Waals surface area contributed by atoms with Crippen LogP contribution in [-0.4, -0.2) is 38.5 Å². The summed E-state index contributed by atoms with van der Waals surface area (Å²) in [5, 5.41) is 11.6. The minimum atomic E-state index is -0.501. The summed E-state index contributed by atoms with van der Waals surface area (Å²) >= 11 is -0.501. The number of aliphatic hydroxyl groups excluding tert-OH is 1. The number of ketones is 1. The summed E-state index contributed by atoms with van der Waals surface area (Å²) in [6.07, 6.45) is 2.48. The van der Waals surface area contributed by atoms with E-state index in [1.807, 2.05) is 6.08 Å². The van der Waals surface area contributed by atoms with Crippen LogP contribution in [0.15, 0.2) is 20.3 Å². The van der Waals surface area contributed by atoms with Crippen molar-refractivity contribution in [2.24, 2.45) is 0 Å². The van der Waals surface area contributed by atoms with E-state index in [-0.39, 0.29) is 51.1 Å². The second-order valence-corrected chi connectivity index (χ2v) is 7.50. The molecule has 0 aromatic heterocycles. The van der Waals surface area contributed by atoms with Gasteiger partial charge in [0.2, 0.25) is 0 Å². The second kappa shape index (κ2) is 7.11. The second-order valence-electron chi connectivity index (χ2n) is 3.45. The zero-order valence-electron chi connectivity index (χ0n) is 8.80. The van der Waals surface area contributed by atoms with Gasteiger partial charge in [0.1, 0.15) is 0 Å². The molecule has 0 aromatic carbocycles. The maximum absolute atomic E-state index is 11.5. The van der Waals surface area contributed by atoms with Gasteiger partial charge in [-0.05, 0) is 0 Å². The maximum atomic E-state index is 11.5. The number of ether oxygens (including phenoxy) is 1. The average molecular weight is 315 g/mol. The topological polar surface area (TPSA) is 46.5 Å². The number of carbonyl (C=O) groups is 1. The van der Waals surface area contributed by atoms with Crippen LogP contribution in [0, 0.1) is 0 Å². The van der Waals surface area contributed by atoms with Gasteiger partial charge in [-0.2, -0.15) is 0 Å². The Morgan fingerprint density at radius 1 is 1.56 bits per heavy atom. The summed E-state index contributed by atoms with van der Waals surface area (Å²) in [5.41, 5.74) is 0. The Hall–Kier alpha value is 0.581. The summed E-state index contributed by atoms with van der Waals surface area (Å²) in [4.78, 5) is 11.5. The van der Waals surface area contributed by atoms with Crippen molar-refractivity contribution >= 4 is 15.3 Å². The summed E-state index contributed by atoms with van der Waals surface area (Å²) in [6.45, 7) is 0.149. The van der Waals surface area contributed by atoms with E-state index in [9.17, 15) is 4.79 Å². The van der Waals surface area contributed by atoms with Crippen molar-refractivity contribution in [2.75, 3.05) is 13.7 Å². The Morgan fingerprint density at radius 3 is 2.69 bits per heavy atom. The molecule has 2 rings (SSSR count). The van der Waals surface area contributed by atoms with Crippen LogP contribution >= 0.6 is 0 Å². The number of carbonyl (C=O) groups excluding carboxylic acids is 1. The van der Waals surface area contributed by atoms with Crippen LogP contribution in [0.3, 0.4) is 0 Å². The summed E-state index contributed by atoms with van der Waals surface area (Å²) in [5.74, 6) is 0.230. The van der Waals surface area contributed by atoms with Crippen molar-refractivity contribution in [2.45, 2.75) is 10.8 Å². The zero-order valence-corrected chi connectivity index (χ0v) is 13.3. The molecule has 1 saturated heterocycles. The first-order valence-corrected chi connectivity index (χ1v) is 7.74. The fourth-order valence-electron chi connectivity index (χ4n) is 1.60. The Balaban J connectivity index is 0.00000112. The van der Waals surface area contributed by atoms with Crippen molar-refractivity contribution < 1.29 is 58.6 Å². The molecule has 0 amide bonds. The molecule has 0 aromatic rings. The number of aliphatic hydroxyl groups is 1. The van der Waals surface area contributed by atoms with E-state index in [0.717, 1.165) is 3.88 Å². The zero-order chi connectivity index (χ0) is 10.1. The molecule has 1 heterocycles. The fourth-order valence-corrected chi connectivity index (χ4v) is 5.89. The van der Waals surface area contributed by atoms with Crippen LogP contribution in [0.4, 0.5) is 0 Å². The van der Waals surface area contributed by atoms with Gasteiger partial charge in [0, 0.05) is 0 Å². The molecule has 1 aliphatic heterocycles. The standard InChI is InChI=1S/C5H3OSi.C4H9O2.2ClH.Ti/c6-3-1-4-5(2-3)7-4;1-6-4-2-3-5;;;/h1H,7H2;4-5H,2-3H2,1H3;2*1H;/q;;;;+2/p-2. The molecule has 1 aliphatic carbocycles. The molecule has 1 fully saturated rings. The van der Waals surface area contributed by atoms with Gasteiger partial charge in [0.15, 0.2) is 0 Å². The van der Waals surface area contributed by atoms with Gasteiger partial charge in [-0.3, -0.25) is 0 Å². The van der Waals surface area contributed by atoms with Gasteiger partial charge in [0.25, 0.3) is 0 Å². The van der Waals surface area contributed by atoms with Crippen molar-refractivity contribution in [3.63, 3.8) is 0 Å². The average Bonchev–Trinajstić information content (AvgIpc) is 2.85. The fraction of sp³-hybridized carbons (Fsp3) is 0.444. The maximum Gasteiger partial charge on any atom is -1.00 e. The largest absolute Gasteiger partial charge is 1.00 e. The number of halogens is 2. The van der Waals surface area contributed by atoms with Crippen molar-refractivity contribution in [1.82, 2.24) is 0 Å². The van der Waals surface area contributed by atoms with Gasteiger partial charge in [-0.25, -0.2) is 0 Å². The Labute approximate surface area is 118 Å². The van der Waals surface area contributed by atoms with Gasteiger partial charge in [-0.1, -0.05) is 0 Å². The summed E-state index contributed by atoms with van der Waals surface area (Å²) in [7, 11) is 1.54. The molecule has 0 saturated carbocycles. The number of hydrogen-bond donors (Lipinski definition) is 1. The number of fused-ring (bicyclic) bond motifs is 1. The number of methoxy groups -OCH3 is 1. The third kappa shape index (κ3) is 3.54. The van der Waals surface area contributed by atoms with E-state index in [1.54, 1.807) is 7.11 Å². The number of rotatable bonds is 5. The number of hydrogen-bond acceptors (Lipinski definition) is 3. The van der Waals surface area contributed by atoms with Crippen molar-refractivity contribution in [3.05, 3.63) is 20.3 Å². The molecule has 7 heteroatoms. The van der Waals surface area contributed by atoms with E-state index in [0.29, 0.717) is 6.42 Å². The van der Waals surface area contributed by atoms with Crippen LogP contribution in [0.25, 0.3) is 0 Å². The van der Waals surface area contributed by atoms with Crippen LogP contribution in [-0.2, 0) is 28.7 Å². The predicted molar refractivity (Wildman–Crippen MR) is 51.2 cm³/mol. The van der Waals surface area contributed by atoms with E-state index in [1.165, 1.54) is 10.4 Å². The first-order valence-electron chi connectivity index (χ1n) is 4.65. The Kier molecular flexibility index (Phi) is 7.37. The van der Waals surface area contributed by atoms with E-state index in [4.69, 9.17) is 9.84 Å². The SMILES string of the molecule is CO[CH](CCO)[Ti+2][C]1=C2[SiH2]C2=CC1=O.[Cl-].[Cl-]. The van der Waals surface area contributed by atoms with Crippen LogP contribution in [0.5, 0.6) is 0 Å². The van der Waals surface area contributed by atoms with Gasteiger partial charge >= 0.3 is 94.0 Å². The quantitative estimate of drug-likeness (QED) is 0.513. The van der Waals surface area contributed by atoms with E-state index in [2.05, 4.69) is 0 Å². The molecule has 88 valence electrons. The molecule has 1 unspecified atom stereocenters. The molecule has 2 aliphatic rings. The molecular formula is C9H12Cl2O3SiTi. The van der Waals surface area contributed by atoms with Crippen molar-refractivity contribution in [3.8, 4) is 0 Å². The van der Waals surface area contributed by atoms with Gasteiger partial charge in [0.05, 0.1) is 0 Å². The molecule has 0 radical (unpaired) electrons. The minimum absolute atomic E-state index is 0.